The normalized spacial score (nSPS) is 13.7. The maximum Gasteiger partial charge on any atom is 0.0693 e. The summed E-state index contributed by atoms with van der Waals surface area (Å²) in [6, 6.07) is 29.0. The Kier molecular flexibility index (Phi) is 4.61. The van der Waals surface area contributed by atoms with Gasteiger partial charge in [-0.3, -0.25) is 5.41 Å². The SMILES string of the molecule is N=C(C1=CCCC=C1c1ccccc1)c1ccccc1-c1ccccc1. The summed E-state index contributed by atoms with van der Waals surface area (Å²) in [4.78, 5) is 0. The summed E-state index contributed by atoms with van der Waals surface area (Å²) in [5.74, 6) is 0. The van der Waals surface area contributed by atoms with Crippen LogP contribution in [-0.4, -0.2) is 5.71 Å². The topological polar surface area (TPSA) is 23.9 Å². The van der Waals surface area contributed by atoms with Crippen molar-refractivity contribution in [2.24, 2.45) is 0 Å². The van der Waals surface area contributed by atoms with Crippen LogP contribution < -0.4 is 0 Å². The Balaban J connectivity index is 1.77. The molecule has 0 unspecified atom stereocenters. The maximum atomic E-state index is 8.98. The average molecular weight is 335 g/mol. The third-order valence-electron chi connectivity index (χ3n) is 4.79. The van der Waals surface area contributed by atoms with Gasteiger partial charge in [0.05, 0.1) is 5.71 Å². The highest BCUT2D eigenvalue weighted by Gasteiger charge is 2.19. The highest BCUT2D eigenvalue weighted by molar-refractivity contribution is 6.22. The summed E-state index contributed by atoms with van der Waals surface area (Å²) >= 11 is 0. The van der Waals surface area contributed by atoms with E-state index in [9.17, 15) is 0 Å². The van der Waals surface area contributed by atoms with Gasteiger partial charge in [0, 0.05) is 11.1 Å². The van der Waals surface area contributed by atoms with Crippen LogP contribution in [0.3, 0.4) is 0 Å². The molecule has 1 N–H and O–H groups in total. The first kappa shape index (κ1) is 16.3. The van der Waals surface area contributed by atoms with Crippen LogP contribution in [-0.2, 0) is 0 Å². The van der Waals surface area contributed by atoms with Crippen LogP contribution in [0, 0.1) is 5.41 Å². The Bertz CT molecular complexity index is 979. The molecule has 1 aliphatic rings. The number of benzene rings is 3. The van der Waals surface area contributed by atoms with Gasteiger partial charge in [0.15, 0.2) is 0 Å². The molecule has 0 amide bonds. The van der Waals surface area contributed by atoms with Gasteiger partial charge in [-0.2, -0.15) is 0 Å². The quantitative estimate of drug-likeness (QED) is 0.524. The summed E-state index contributed by atoms with van der Waals surface area (Å²) in [5, 5.41) is 8.98. The lowest BCUT2D eigenvalue weighted by molar-refractivity contribution is 1.03. The minimum atomic E-state index is 0.597. The molecule has 126 valence electrons. The van der Waals surface area contributed by atoms with Gasteiger partial charge in [-0.1, -0.05) is 97.1 Å². The van der Waals surface area contributed by atoms with E-state index >= 15 is 0 Å². The molecule has 26 heavy (non-hydrogen) atoms. The standard InChI is InChI=1S/C25H21N/c26-25(23-17-9-7-15-21(23)19-11-3-1-4-12-19)24-18-10-8-16-22(24)20-13-5-2-6-14-20/h1-7,9,11-18,26H,8,10H2. The van der Waals surface area contributed by atoms with E-state index in [1.807, 2.05) is 36.4 Å². The second kappa shape index (κ2) is 7.37. The van der Waals surface area contributed by atoms with Crippen LogP contribution in [0.1, 0.15) is 24.0 Å². The van der Waals surface area contributed by atoms with E-state index < -0.39 is 0 Å². The van der Waals surface area contributed by atoms with E-state index in [0.29, 0.717) is 5.71 Å². The number of allylic oxidation sites excluding steroid dienone is 4. The average Bonchev–Trinajstić information content (AvgIpc) is 2.74. The predicted molar refractivity (Wildman–Crippen MR) is 110 cm³/mol. The largest absolute Gasteiger partial charge is 0.300 e. The molecular weight excluding hydrogens is 314 g/mol. The van der Waals surface area contributed by atoms with Crippen molar-refractivity contribution in [3.63, 3.8) is 0 Å². The zero-order valence-electron chi connectivity index (χ0n) is 14.7. The van der Waals surface area contributed by atoms with Gasteiger partial charge in [-0.25, -0.2) is 0 Å². The summed E-state index contributed by atoms with van der Waals surface area (Å²) < 4.78 is 0. The van der Waals surface area contributed by atoms with E-state index in [4.69, 9.17) is 5.41 Å². The number of hydrogen-bond acceptors (Lipinski definition) is 1. The molecule has 0 fully saturated rings. The molecule has 0 saturated heterocycles. The minimum Gasteiger partial charge on any atom is -0.300 e. The maximum absolute atomic E-state index is 8.98. The van der Waals surface area contributed by atoms with Crippen LogP contribution in [0.4, 0.5) is 0 Å². The molecule has 3 aromatic carbocycles. The van der Waals surface area contributed by atoms with Crippen LogP contribution in [0.2, 0.25) is 0 Å². The highest BCUT2D eigenvalue weighted by atomic mass is 14.4. The Labute approximate surface area is 154 Å². The summed E-state index contributed by atoms with van der Waals surface area (Å²) in [6.45, 7) is 0. The molecule has 0 aliphatic heterocycles. The van der Waals surface area contributed by atoms with E-state index in [1.54, 1.807) is 0 Å². The van der Waals surface area contributed by atoms with Crippen molar-refractivity contribution in [2.75, 3.05) is 0 Å². The van der Waals surface area contributed by atoms with Crippen molar-refractivity contribution in [3.05, 3.63) is 114 Å². The van der Waals surface area contributed by atoms with Crippen LogP contribution >= 0.6 is 0 Å². The molecule has 4 rings (SSSR count). The highest BCUT2D eigenvalue weighted by Crippen LogP contribution is 2.33. The molecule has 0 atom stereocenters. The minimum absolute atomic E-state index is 0.597. The van der Waals surface area contributed by atoms with E-state index in [0.717, 1.165) is 35.1 Å². The third-order valence-corrected chi connectivity index (χ3v) is 4.79. The zero-order chi connectivity index (χ0) is 17.8. The van der Waals surface area contributed by atoms with Gasteiger partial charge < -0.3 is 0 Å². The monoisotopic (exact) mass is 335 g/mol. The summed E-state index contributed by atoms with van der Waals surface area (Å²) in [7, 11) is 0. The molecule has 0 bridgehead atoms. The fraction of sp³-hybridized carbons (Fsp3) is 0.0800. The smallest absolute Gasteiger partial charge is 0.0693 e. The van der Waals surface area contributed by atoms with E-state index in [2.05, 4.69) is 60.7 Å². The van der Waals surface area contributed by atoms with Crippen molar-refractivity contribution < 1.29 is 0 Å². The zero-order valence-corrected chi connectivity index (χ0v) is 14.7. The molecule has 0 saturated carbocycles. The molecule has 3 aromatic rings. The predicted octanol–water partition coefficient (Wildman–Crippen LogP) is 6.53. The van der Waals surface area contributed by atoms with Gasteiger partial charge in [-0.05, 0) is 35.1 Å². The van der Waals surface area contributed by atoms with Crippen molar-refractivity contribution in [3.8, 4) is 11.1 Å². The summed E-state index contributed by atoms with van der Waals surface area (Å²) in [5.41, 5.74) is 7.22. The number of rotatable bonds is 4. The molecule has 0 aromatic heterocycles. The first-order valence-corrected chi connectivity index (χ1v) is 9.04. The molecule has 1 heteroatoms. The van der Waals surface area contributed by atoms with Crippen LogP contribution in [0.25, 0.3) is 16.7 Å². The Morgan fingerprint density at radius 1 is 0.615 bits per heavy atom. The molecular formula is C25H21N. The van der Waals surface area contributed by atoms with Gasteiger partial charge >= 0.3 is 0 Å². The lowest BCUT2D eigenvalue weighted by Gasteiger charge is -2.20. The molecule has 0 heterocycles. The third kappa shape index (κ3) is 3.16. The lowest BCUT2D eigenvalue weighted by Crippen LogP contribution is -2.09. The van der Waals surface area contributed by atoms with Gasteiger partial charge in [-0.15, -0.1) is 0 Å². The molecule has 1 aliphatic carbocycles. The van der Waals surface area contributed by atoms with Crippen molar-refractivity contribution >= 4 is 11.3 Å². The fourth-order valence-electron chi connectivity index (χ4n) is 3.52. The van der Waals surface area contributed by atoms with E-state index in [1.165, 1.54) is 11.1 Å². The second-order valence-electron chi connectivity index (χ2n) is 6.47. The van der Waals surface area contributed by atoms with Crippen LogP contribution in [0.5, 0.6) is 0 Å². The molecule has 0 spiro atoms. The van der Waals surface area contributed by atoms with Gasteiger partial charge in [0.2, 0.25) is 0 Å². The van der Waals surface area contributed by atoms with Crippen molar-refractivity contribution in [2.45, 2.75) is 12.8 Å². The number of nitrogens with one attached hydrogen (secondary N) is 1. The van der Waals surface area contributed by atoms with Crippen molar-refractivity contribution in [1.82, 2.24) is 0 Å². The first-order chi connectivity index (χ1) is 12.8. The second-order valence-corrected chi connectivity index (χ2v) is 6.47. The van der Waals surface area contributed by atoms with Crippen LogP contribution in [0.15, 0.2) is 103 Å². The Hall–Kier alpha value is -3.19. The molecule has 1 nitrogen and oxygen atoms in total. The van der Waals surface area contributed by atoms with Crippen molar-refractivity contribution in [1.29, 1.82) is 5.41 Å². The Morgan fingerprint density at radius 2 is 1.19 bits per heavy atom. The van der Waals surface area contributed by atoms with Gasteiger partial charge in [0.25, 0.3) is 0 Å². The van der Waals surface area contributed by atoms with E-state index in [-0.39, 0.29) is 0 Å². The Morgan fingerprint density at radius 3 is 1.92 bits per heavy atom. The van der Waals surface area contributed by atoms with Gasteiger partial charge in [0.1, 0.15) is 0 Å². The first-order valence-electron chi connectivity index (χ1n) is 9.04. The summed E-state index contributed by atoms with van der Waals surface area (Å²) in [6.07, 6.45) is 6.50. The molecule has 0 radical (unpaired) electrons. The fourth-order valence-corrected chi connectivity index (χ4v) is 3.52. The lowest BCUT2D eigenvalue weighted by atomic mass is 9.84. The number of hydrogen-bond donors (Lipinski definition) is 1.